The van der Waals surface area contributed by atoms with Crippen molar-refractivity contribution in [3.63, 3.8) is 0 Å². The summed E-state index contributed by atoms with van der Waals surface area (Å²) >= 11 is 0. The highest BCUT2D eigenvalue weighted by Gasteiger charge is 2.07. The van der Waals surface area contributed by atoms with Gasteiger partial charge in [0.15, 0.2) is 0 Å². The lowest BCUT2D eigenvalue weighted by Gasteiger charge is -2.14. The highest BCUT2D eigenvalue weighted by atomic mass is 16.3. The molecule has 1 amide bonds. The second-order valence-corrected chi connectivity index (χ2v) is 4.36. The minimum Gasteiger partial charge on any atom is -0.392 e. The summed E-state index contributed by atoms with van der Waals surface area (Å²) in [7, 11) is 0. The average Bonchev–Trinajstić information content (AvgIpc) is 2.42. The molecule has 1 atom stereocenters. The van der Waals surface area contributed by atoms with Crippen LogP contribution < -0.4 is 10.6 Å². The number of carbonyl (C=O) groups excluding carboxylic acids is 1. The Balaban J connectivity index is 2.44. The van der Waals surface area contributed by atoms with E-state index in [0.717, 1.165) is 24.1 Å². The second kappa shape index (κ2) is 7.84. The van der Waals surface area contributed by atoms with Gasteiger partial charge in [0.2, 0.25) is 5.91 Å². The first-order chi connectivity index (χ1) is 8.67. The largest absolute Gasteiger partial charge is 0.392 e. The molecule has 3 N–H and O–H groups in total. The van der Waals surface area contributed by atoms with Gasteiger partial charge in [-0.05, 0) is 24.5 Å². The van der Waals surface area contributed by atoms with Crippen molar-refractivity contribution in [2.24, 2.45) is 0 Å². The van der Waals surface area contributed by atoms with Gasteiger partial charge in [-0.15, -0.1) is 0 Å². The molecular formula is C14H22N2O2. The Morgan fingerprint density at radius 3 is 2.89 bits per heavy atom. The summed E-state index contributed by atoms with van der Waals surface area (Å²) in [6.45, 7) is 5.09. The van der Waals surface area contributed by atoms with Crippen LogP contribution in [-0.2, 0) is 11.4 Å². The Bertz CT molecular complexity index is 380. The molecule has 0 aromatic heterocycles. The number of aliphatic hydroxyl groups excluding tert-OH is 1. The molecule has 1 aromatic rings. The first-order valence-electron chi connectivity index (χ1n) is 6.37. The zero-order valence-electron chi connectivity index (χ0n) is 11.1. The van der Waals surface area contributed by atoms with Crippen molar-refractivity contribution in [1.29, 1.82) is 0 Å². The fourth-order valence-electron chi connectivity index (χ4n) is 1.65. The van der Waals surface area contributed by atoms with Crippen molar-refractivity contribution < 1.29 is 9.90 Å². The highest BCUT2D eigenvalue weighted by molar-refractivity contribution is 5.77. The highest BCUT2D eigenvalue weighted by Crippen LogP contribution is 2.13. The van der Waals surface area contributed by atoms with Crippen LogP contribution in [-0.4, -0.2) is 24.1 Å². The molecule has 18 heavy (non-hydrogen) atoms. The van der Waals surface area contributed by atoms with E-state index in [1.807, 2.05) is 38.1 Å². The number of nitrogens with one attached hydrogen (secondary N) is 2. The van der Waals surface area contributed by atoms with Gasteiger partial charge >= 0.3 is 0 Å². The minimum atomic E-state index is 0.0158. The van der Waals surface area contributed by atoms with Gasteiger partial charge in [-0.25, -0.2) is 0 Å². The first kappa shape index (κ1) is 14.7. The number of amides is 1. The Hall–Kier alpha value is -1.39. The van der Waals surface area contributed by atoms with E-state index in [1.54, 1.807) is 0 Å². The summed E-state index contributed by atoms with van der Waals surface area (Å²) in [5, 5.41) is 15.1. The van der Waals surface area contributed by atoms with Crippen LogP contribution in [0.1, 0.15) is 37.4 Å². The number of aliphatic hydroxyl groups is 1. The van der Waals surface area contributed by atoms with Crippen LogP contribution in [0.15, 0.2) is 24.3 Å². The number of carbonyl (C=O) groups is 1. The van der Waals surface area contributed by atoms with E-state index in [9.17, 15) is 4.79 Å². The zero-order chi connectivity index (χ0) is 13.4. The lowest BCUT2D eigenvalue weighted by atomic mass is 10.1. The van der Waals surface area contributed by atoms with E-state index in [0.29, 0.717) is 6.54 Å². The molecule has 1 rings (SSSR count). The number of hydrogen-bond donors (Lipinski definition) is 3. The van der Waals surface area contributed by atoms with E-state index in [1.165, 1.54) is 0 Å². The van der Waals surface area contributed by atoms with Crippen LogP contribution in [0.3, 0.4) is 0 Å². The molecule has 1 aromatic carbocycles. The number of hydrogen-bond acceptors (Lipinski definition) is 3. The molecule has 0 radical (unpaired) electrons. The maximum absolute atomic E-state index is 11.4. The molecule has 0 aliphatic carbocycles. The van der Waals surface area contributed by atoms with Crippen molar-refractivity contribution in [3.05, 3.63) is 35.4 Å². The van der Waals surface area contributed by atoms with E-state index in [-0.39, 0.29) is 18.6 Å². The van der Waals surface area contributed by atoms with Crippen LogP contribution in [0.5, 0.6) is 0 Å². The van der Waals surface area contributed by atoms with Crippen molar-refractivity contribution >= 4 is 5.91 Å². The average molecular weight is 250 g/mol. The van der Waals surface area contributed by atoms with Crippen LogP contribution in [0, 0.1) is 0 Å². The summed E-state index contributed by atoms with van der Waals surface area (Å²) in [5.41, 5.74) is 1.96. The molecule has 1 unspecified atom stereocenters. The van der Waals surface area contributed by atoms with Crippen molar-refractivity contribution in [2.45, 2.75) is 32.9 Å². The van der Waals surface area contributed by atoms with Gasteiger partial charge in [0, 0.05) is 12.6 Å². The molecular weight excluding hydrogens is 228 g/mol. The SMILES string of the molecule is CCCNC(=O)CNC(C)c1cccc(CO)c1. The van der Waals surface area contributed by atoms with E-state index in [2.05, 4.69) is 10.6 Å². The molecule has 0 heterocycles. The maximum Gasteiger partial charge on any atom is 0.233 e. The summed E-state index contributed by atoms with van der Waals surface area (Å²) in [5.74, 6) is 0.0158. The molecule has 0 spiro atoms. The standard InChI is InChI=1S/C14H22N2O2/c1-3-7-15-14(18)9-16-11(2)13-6-4-5-12(8-13)10-17/h4-6,8,11,16-17H,3,7,9-10H2,1-2H3,(H,15,18). The maximum atomic E-state index is 11.4. The third kappa shape index (κ3) is 4.85. The van der Waals surface area contributed by atoms with Crippen LogP contribution in [0.2, 0.25) is 0 Å². The predicted molar refractivity (Wildman–Crippen MR) is 72.1 cm³/mol. The molecule has 4 nitrogen and oxygen atoms in total. The fourth-order valence-corrected chi connectivity index (χ4v) is 1.65. The topological polar surface area (TPSA) is 61.4 Å². The molecule has 0 bridgehead atoms. The Morgan fingerprint density at radius 2 is 2.22 bits per heavy atom. The van der Waals surface area contributed by atoms with Crippen LogP contribution in [0.25, 0.3) is 0 Å². The smallest absolute Gasteiger partial charge is 0.233 e. The van der Waals surface area contributed by atoms with Gasteiger partial charge in [0.1, 0.15) is 0 Å². The van der Waals surface area contributed by atoms with Crippen LogP contribution in [0.4, 0.5) is 0 Å². The second-order valence-electron chi connectivity index (χ2n) is 4.36. The Morgan fingerprint density at radius 1 is 1.44 bits per heavy atom. The van der Waals surface area contributed by atoms with Crippen LogP contribution >= 0.6 is 0 Å². The molecule has 0 aliphatic rings. The Labute approximate surface area is 108 Å². The monoisotopic (exact) mass is 250 g/mol. The zero-order valence-corrected chi connectivity index (χ0v) is 11.1. The lowest BCUT2D eigenvalue weighted by Crippen LogP contribution is -2.35. The summed E-state index contributed by atoms with van der Waals surface area (Å²) in [4.78, 5) is 11.4. The van der Waals surface area contributed by atoms with E-state index >= 15 is 0 Å². The summed E-state index contributed by atoms with van der Waals surface area (Å²) in [6.07, 6.45) is 0.944. The van der Waals surface area contributed by atoms with Gasteiger partial charge in [0.05, 0.1) is 13.2 Å². The molecule has 0 fully saturated rings. The van der Waals surface area contributed by atoms with E-state index in [4.69, 9.17) is 5.11 Å². The quantitative estimate of drug-likeness (QED) is 0.684. The predicted octanol–water partition coefficient (Wildman–Crippen LogP) is 1.36. The first-order valence-corrected chi connectivity index (χ1v) is 6.37. The third-order valence-corrected chi connectivity index (χ3v) is 2.77. The van der Waals surface area contributed by atoms with E-state index < -0.39 is 0 Å². The van der Waals surface area contributed by atoms with Gasteiger partial charge in [-0.1, -0.05) is 31.2 Å². The normalized spacial score (nSPS) is 12.2. The van der Waals surface area contributed by atoms with Gasteiger partial charge in [0.25, 0.3) is 0 Å². The molecule has 100 valence electrons. The van der Waals surface area contributed by atoms with Crippen molar-refractivity contribution in [2.75, 3.05) is 13.1 Å². The van der Waals surface area contributed by atoms with Crippen molar-refractivity contribution in [3.8, 4) is 0 Å². The molecule has 0 saturated heterocycles. The fraction of sp³-hybridized carbons (Fsp3) is 0.500. The minimum absolute atomic E-state index is 0.0158. The molecule has 4 heteroatoms. The number of benzene rings is 1. The van der Waals surface area contributed by atoms with Crippen molar-refractivity contribution in [1.82, 2.24) is 10.6 Å². The molecule has 0 aliphatic heterocycles. The number of rotatable bonds is 7. The lowest BCUT2D eigenvalue weighted by molar-refractivity contribution is -0.120. The summed E-state index contributed by atoms with van der Waals surface area (Å²) < 4.78 is 0. The van der Waals surface area contributed by atoms with Gasteiger partial charge in [-0.3, -0.25) is 4.79 Å². The van der Waals surface area contributed by atoms with Gasteiger partial charge < -0.3 is 15.7 Å². The molecule has 0 saturated carbocycles. The third-order valence-electron chi connectivity index (χ3n) is 2.77. The van der Waals surface area contributed by atoms with Gasteiger partial charge in [-0.2, -0.15) is 0 Å². The summed E-state index contributed by atoms with van der Waals surface area (Å²) in [6, 6.07) is 7.81. The Kier molecular flexibility index (Phi) is 6.39.